The quantitative estimate of drug-likeness (QED) is 0.507. The first-order valence-corrected chi connectivity index (χ1v) is 8.24. The number of methoxy groups -OCH3 is 1. The molecule has 0 bridgehead atoms. The summed E-state index contributed by atoms with van der Waals surface area (Å²) in [6.07, 6.45) is 0. The van der Waals surface area contributed by atoms with Gasteiger partial charge in [0.1, 0.15) is 4.99 Å². The summed E-state index contributed by atoms with van der Waals surface area (Å²) < 4.78 is 36.8. The van der Waals surface area contributed by atoms with E-state index in [-0.39, 0.29) is 23.0 Å². The Labute approximate surface area is 130 Å². The summed E-state index contributed by atoms with van der Waals surface area (Å²) in [4.78, 5) is 0.445. The molecule has 0 aliphatic heterocycles. The predicted octanol–water partition coefficient (Wildman–Crippen LogP) is 0.571. The van der Waals surface area contributed by atoms with E-state index >= 15 is 0 Å². The van der Waals surface area contributed by atoms with Crippen molar-refractivity contribution in [2.75, 3.05) is 33.5 Å². The molecule has 0 aliphatic rings. The van der Waals surface area contributed by atoms with E-state index in [4.69, 9.17) is 27.4 Å². The third-order valence-corrected chi connectivity index (χ3v) is 4.58. The standard InChI is InChI=1S/C13H20N2O4S2/c1-10-9-11(13(14)20)3-4-12(10)21(16,17)15-5-6-19-8-7-18-2/h3-4,9,15H,5-8H2,1-2H3,(H2,14,20). The highest BCUT2D eigenvalue weighted by atomic mass is 32.2. The molecule has 6 nitrogen and oxygen atoms in total. The molecule has 0 atom stereocenters. The van der Waals surface area contributed by atoms with Crippen molar-refractivity contribution in [3.05, 3.63) is 29.3 Å². The highest BCUT2D eigenvalue weighted by molar-refractivity contribution is 7.89. The van der Waals surface area contributed by atoms with Gasteiger partial charge in [-0.1, -0.05) is 18.3 Å². The van der Waals surface area contributed by atoms with Crippen molar-refractivity contribution >= 4 is 27.2 Å². The van der Waals surface area contributed by atoms with Crippen molar-refractivity contribution in [3.63, 3.8) is 0 Å². The predicted molar refractivity (Wildman–Crippen MR) is 84.9 cm³/mol. The summed E-state index contributed by atoms with van der Waals surface area (Å²) in [5.74, 6) is 0. The van der Waals surface area contributed by atoms with Gasteiger partial charge in [0.2, 0.25) is 10.0 Å². The molecule has 0 amide bonds. The van der Waals surface area contributed by atoms with Crippen LogP contribution < -0.4 is 10.5 Å². The third-order valence-electron chi connectivity index (χ3n) is 2.72. The van der Waals surface area contributed by atoms with Crippen LogP contribution in [-0.4, -0.2) is 46.9 Å². The van der Waals surface area contributed by atoms with Crippen molar-refractivity contribution in [1.29, 1.82) is 0 Å². The van der Waals surface area contributed by atoms with Gasteiger partial charge in [-0.25, -0.2) is 13.1 Å². The molecule has 0 saturated carbocycles. The third kappa shape index (κ3) is 5.68. The zero-order valence-corrected chi connectivity index (χ0v) is 13.7. The first-order valence-electron chi connectivity index (χ1n) is 6.35. The summed E-state index contributed by atoms with van der Waals surface area (Å²) in [6, 6.07) is 4.75. The van der Waals surface area contributed by atoms with Gasteiger partial charge in [0, 0.05) is 19.2 Å². The highest BCUT2D eigenvalue weighted by Crippen LogP contribution is 2.16. The van der Waals surface area contributed by atoms with E-state index < -0.39 is 10.0 Å². The van der Waals surface area contributed by atoms with E-state index in [0.29, 0.717) is 24.3 Å². The lowest BCUT2D eigenvalue weighted by Crippen LogP contribution is -2.28. The Morgan fingerprint density at radius 3 is 2.62 bits per heavy atom. The summed E-state index contributed by atoms with van der Waals surface area (Å²) in [5.41, 5.74) is 6.75. The van der Waals surface area contributed by atoms with Crippen LogP contribution in [0.3, 0.4) is 0 Å². The molecule has 1 aromatic carbocycles. The van der Waals surface area contributed by atoms with Gasteiger partial charge in [0.15, 0.2) is 0 Å². The summed E-state index contributed by atoms with van der Waals surface area (Å²) in [7, 11) is -2.00. The maximum absolute atomic E-state index is 12.2. The fourth-order valence-electron chi connectivity index (χ4n) is 1.67. The molecule has 0 spiro atoms. The largest absolute Gasteiger partial charge is 0.389 e. The topological polar surface area (TPSA) is 90.6 Å². The van der Waals surface area contributed by atoms with Crippen LogP contribution in [0.25, 0.3) is 0 Å². The molecule has 118 valence electrons. The molecule has 1 rings (SSSR count). The SMILES string of the molecule is COCCOCCNS(=O)(=O)c1ccc(C(N)=S)cc1C. The molecular weight excluding hydrogens is 312 g/mol. The average Bonchev–Trinajstić information content (AvgIpc) is 2.42. The fraction of sp³-hybridized carbons (Fsp3) is 0.462. The lowest BCUT2D eigenvalue weighted by atomic mass is 10.1. The van der Waals surface area contributed by atoms with Crippen LogP contribution in [0.15, 0.2) is 23.1 Å². The number of sulfonamides is 1. The van der Waals surface area contributed by atoms with Gasteiger partial charge in [-0.3, -0.25) is 0 Å². The van der Waals surface area contributed by atoms with Gasteiger partial charge in [-0.15, -0.1) is 0 Å². The molecule has 0 radical (unpaired) electrons. The van der Waals surface area contributed by atoms with Crippen molar-refractivity contribution in [3.8, 4) is 0 Å². The van der Waals surface area contributed by atoms with E-state index in [9.17, 15) is 8.42 Å². The second kappa shape index (κ2) is 8.40. The number of hydrogen-bond donors (Lipinski definition) is 2. The lowest BCUT2D eigenvalue weighted by Gasteiger charge is -2.10. The van der Waals surface area contributed by atoms with Crippen molar-refractivity contribution < 1.29 is 17.9 Å². The molecule has 21 heavy (non-hydrogen) atoms. The number of ether oxygens (including phenoxy) is 2. The summed E-state index contributed by atoms with van der Waals surface area (Å²) in [6.45, 7) is 3.09. The van der Waals surface area contributed by atoms with Crippen LogP contribution in [0.1, 0.15) is 11.1 Å². The first kappa shape index (κ1) is 18.0. The Morgan fingerprint density at radius 1 is 1.33 bits per heavy atom. The smallest absolute Gasteiger partial charge is 0.240 e. The summed E-state index contributed by atoms with van der Waals surface area (Å²) >= 11 is 4.86. The number of nitrogens with one attached hydrogen (secondary N) is 1. The zero-order valence-electron chi connectivity index (χ0n) is 12.1. The van der Waals surface area contributed by atoms with Crippen LogP contribution in [0.2, 0.25) is 0 Å². The normalized spacial score (nSPS) is 11.5. The Hall–Kier alpha value is -1.06. The molecule has 0 aliphatic carbocycles. The van der Waals surface area contributed by atoms with Crippen molar-refractivity contribution in [2.45, 2.75) is 11.8 Å². The number of rotatable bonds is 9. The van der Waals surface area contributed by atoms with E-state index in [1.165, 1.54) is 6.07 Å². The average molecular weight is 332 g/mol. The fourth-order valence-corrected chi connectivity index (χ4v) is 3.04. The summed E-state index contributed by atoms with van der Waals surface area (Å²) in [5, 5.41) is 0. The Morgan fingerprint density at radius 2 is 2.05 bits per heavy atom. The molecular formula is C13H20N2O4S2. The number of aryl methyl sites for hydroxylation is 1. The molecule has 0 fully saturated rings. The van der Waals surface area contributed by atoms with Crippen LogP contribution in [0.4, 0.5) is 0 Å². The van der Waals surface area contributed by atoms with Crippen LogP contribution in [0.5, 0.6) is 0 Å². The van der Waals surface area contributed by atoms with Gasteiger partial charge < -0.3 is 15.2 Å². The first-order chi connectivity index (χ1) is 9.88. The van der Waals surface area contributed by atoms with Gasteiger partial charge in [-0.05, 0) is 24.6 Å². The molecule has 0 saturated heterocycles. The van der Waals surface area contributed by atoms with Crippen molar-refractivity contribution in [2.24, 2.45) is 5.73 Å². The molecule has 0 aromatic heterocycles. The second-order valence-electron chi connectivity index (χ2n) is 4.35. The minimum Gasteiger partial charge on any atom is -0.389 e. The maximum atomic E-state index is 12.2. The molecule has 1 aromatic rings. The number of benzene rings is 1. The molecule has 0 unspecified atom stereocenters. The number of hydrogen-bond acceptors (Lipinski definition) is 5. The highest BCUT2D eigenvalue weighted by Gasteiger charge is 2.16. The monoisotopic (exact) mass is 332 g/mol. The molecule has 8 heteroatoms. The molecule has 3 N–H and O–H groups in total. The van der Waals surface area contributed by atoms with Crippen LogP contribution in [0, 0.1) is 6.92 Å². The van der Waals surface area contributed by atoms with E-state index in [1.54, 1.807) is 26.2 Å². The van der Waals surface area contributed by atoms with Crippen LogP contribution in [-0.2, 0) is 19.5 Å². The Bertz CT molecular complexity index is 588. The number of nitrogens with two attached hydrogens (primary N) is 1. The Balaban J connectivity index is 2.64. The number of thiocarbonyl (C=S) groups is 1. The van der Waals surface area contributed by atoms with Crippen LogP contribution >= 0.6 is 12.2 Å². The van der Waals surface area contributed by atoms with Gasteiger partial charge in [0.25, 0.3) is 0 Å². The Kier molecular flexibility index (Phi) is 7.20. The van der Waals surface area contributed by atoms with Gasteiger partial charge >= 0.3 is 0 Å². The minimum atomic E-state index is -3.57. The van der Waals surface area contributed by atoms with E-state index in [1.807, 2.05) is 0 Å². The zero-order chi connectivity index (χ0) is 15.9. The second-order valence-corrected chi connectivity index (χ2v) is 6.52. The van der Waals surface area contributed by atoms with Gasteiger partial charge in [0.05, 0.1) is 24.7 Å². The van der Waals surface area contributed by atoms with Crippen molar-refractivity contribution in [1.82, 2.24) is 4.72 Å². The minimum absolute atomic E-state index is 0.197. The maximum Gasteiger partial charge on any atom is 0.240 e. The molecule has 0 heterocycles. The lowest BCUT2D eigenvalue weighted by molar-refractivity contribution is 0.0736. The van der Waals surface area contributed by atoms with E-state index in [2.05, 4.69) is 4.72 Å². The van der Waals surface area contributed by atoms with Gasteiger partial charge in [-0.2, -0.15) is 0 Å². The van der Waals surface area contributed by atoms with E-state index in [0.717, 1.165) is 0 Å².